The molecule has 0 heterocycles. The van der Waals surface area contributed by atoms with Crippen molar-refractivity contribution in [1.82, 2.24) is 0 Å². The molecule has 0 aliphatic carbocycles. The van der Waals surface area contributed by atoms with E-state index >= 15 is 0 Å². The molecule has 0 amide bonds. The number of hydrazine groups is 1. The van der Waals surface area contributed by atoms with Gasteiger partial charge >= 0.3 is 0 Å². The number of anilines is 1. The van der Waals surface area contributed by atoms with Crippen molar-refractivity contribution in [3.8, 4) is 0 Å². The fourth-order valence-electron chi connectivity index (χ4n) is 0.763. The van der Waals surface area contributed by atoms with Crippen LogP contribution in [0, 0.1) is 0 Å². The number of sulfonamides is 1. The molecule has 0 bridgehead atoms. The van der Waals surface area contributed by atoms with Crippen molar-refractivity contribution < 1.29 is 8.42 Å². The van der Waals surface area contributed by atoms with E-state index in [2.05, 4.69) is 5.43 Å². The summed E-state index contributed by atoms with van der Waals surface area (Å²) in [5, 5.41) is 4.88. The summed E-state index contributed by atoms with van der Waals surface area (Å²) >= 11 is 0. The first kappa shape index (κ1) is 12.2. The van der Waals surface area contributed by atoms with Crippen LogP contribution in [0.25, 0.3) is 0 Å². The van der Waals surface area contributed by atoms with Gasteiger partial charge in [0.05, 0.1) is 4.90 Å². The predicted octanol–water partition coefficient (Wildman–Crippen LogP) is 0.0414. The molecule has 5 N–H and O–H groups in total. The second kappa shape index (κ2) is 4.43. The molecule has 5 nitrogen and oxygen atoms in total. The van der Waals surface area contributed by atoms with E-state index in [1.807, 2.05) is 0 Å². The van der Waals surface area contributed by atoms with Crippen LogP contribution in [-0.2, 0) is 10.0 Å². The minimum absolute atomic E-state index is 0. The van der Waals surface area contributed by atoms with Crippen molar-refractivity contribution in [2.75, 3.05) is 5.43 Å². The number of nitrogen functional groups attached to an aromatic ring is 1. The predicted molar refractivity (Wildman–Crippen MR) is 52.9 cm³/mol. The monoisotopic (exact) mass is 223 g/mol. The number of halogens is 1. The maximum Gasteiger partial charge on any atom is 0.238 e. The molecule has 1 aromatic carbocycles. The van der Waals surface area contributed by atoms with Crippen LogP contribution in [0.4, 0.5) is 5.69 Å². The van der Waals surface area contributed by atoms with E-state index in [-0.39, 0.29) is 17.3 Å². The first-order chi connectivity index (χ1) is 5.54. The summed E-state index contributed by atoms with van der Waals surface area (Å²) in [7, 11) is -3.63. The minimum Gasteiger partial charge on any atom is -0.324 e. The lowest BCUT2D eigenvalue weighted by molar-refractivity contribution is 0.598. The van der Waals surface area contributed by atoms with Gasteiger partial charge in [-0.3, -0.25) is 5.84 Å². The van der Waals surface area contributed by atoms with E-state index < -0.39 is 10.0 Å². The first-order valence-electron chi connectivity index (χ1n) is 3.13. The molecule has 0 fully saturated rings. The Balaban J connectivity index is 0.00000144. The SMILES string of the molecule is Cl.NNc1cccc(S(N)(=O)=O)c1. The van der Waals surface area contributed by atoms with Gasteiger partial charge in [-0.2, -0.15) is 0 Å². The quantitative estimate of drug-likeness (QED) is 0.487. The molecule has 1 rings (SSSR count). The summed E-state index contributed by atoms with van der Waals surface area (Å²) in [6.07, 6.45) is 0. The van der Waals surface area contributed by atoms with Gasteiger partial charge in [0.15, 0.2) is 0 Å². The number of nitrogens with two attached hydrogens (primary N) is 2. The maximum atomic E-state index is 10.8. The Morgan fingerprint density at radius 3 is 2.38 bits per heavy atom. The summed E-state index contributed by atoms with van der Waals surface area (Å²) in [6.45, 7) is 0. The zero-order valence-electron chi connectivity index (χ0n) is 6.60. The Morgan fingerprint density at radius 1 is 1.31 bits per heavy atom. The second-order valence-corrected chi connectivity index (χ2v) is 3.78. The van der Waals surface area contributed by atoms with E-state index in [4.69, 9.17) is 11.0 Å². The highest BCUT2D eigenvalue weighted by Crippen LogP contribution is 2.12. The zero-order valence-corrected chi connectivity index (χ0v) is 8.23. The third-order valence-corrected chi connectivity index (χ3v) is 2.24. The van der Waals surface area contributed by atoms with Crippen molar-refractivity contribution in [2.45, 2.75) is 4.90 Å². The van der Waals surface area contributed by atoms with Crippen LogP contribution in [0.15, 0.2) is 29.2 Å². The molecule has 0 aliphatic heterocycles. The fraction of sp³-hybridized carbons (Fsp3) is 0. The van der Waals surface area contributed by atoms with Crippen LogP contribution in [-0.4, -0.2) is 8.42 Å². The molecule has 7 heteroatoms. The van der Waals surface area contributed by atoms with Gasteiger partial charge < -0.3 is 5.43 Å². The smallest absolute Gasteiger partial charge is 0.238 e. The highest BCUT2D eigenvalue weighted by Gasteiger charge is 2.06. The van der Waals surface area contributed by atoms with Gasteiger partial charge in [-0.15, -0.1) is 12.4 Å². The van der Waals surface area contributed by atoms with Gasteiger partial charge in [0.25, 0.3) is 0 Å². The van der Waals surface area contributed by atoms with Crippen molar-refractivity contribution in [2.24, 2.45) is 11.0 Å². The average molecular weight is 224 g/mol. The third kappa shape index (κ3) is 3.19. The van der Waals surface area contributed by atoms with Crippen molar-refractivity contribution in [3.63, 3.8) is 0 Å². The molecule has 0 radical (unpaired) electrons. The minimum atomic E-state index is -3.63. The Hall–Kier alpha value is -0.820. The number of primary sulfonamides is 1. The molecule has 74 valence electrons. The van der Waals surface area contributed by atoms with E-state index in [1.165, 1.54) is 12.1 Å². The second-order valence-electron chi connectivity index (χ2n) is 2.22. The highest BCUT2D eigenvalue weighted by molar-refractivity contribution is 7.89. The average Bonchev–Trinajstić information content (AvgIpc) is 2.03. The Kier molecular flexibility index (Phi) is 4.15. The third-order valence-electron chi connectivity index (χ3n) is 1.33. The Morgan fingerprint density at radius 2 is 1.92 bits per heavy atom. The fourth-order valence-corrected chi connectivity index (χ4v) is 1.32. The van der Waals surface area contributed by atoms with Gasteiger partial charge in [-0.05, 0) is 18.2 Å². The maximum absolute atomic E-state index is 10.8. The summed E-state index contributed by atoms with van der Waals surface area (Å²) in [6, 6.07) is 5.94. The summed E-state index contributed by atoms with van der Waals surface area (Å²) in [5.74, 6) is 5.08. The molecular formula is C6H10ClN3O2S. The topological polar surface area (TPSA) is 98.2 Å². The molecule has 0 unspecified atom stereocenters. The number of rotatable bonds is 2. The largest absolute Gasteiger partial charge is 0.324 e. The molecule has 0 saturated carbocycles. The van der Waals surface area contributed by atoms with Gasteiger partial charge in [0.1, 0.15) is 0 Å². The van der Waals surface area contributed by atoms with Crippen LogP contribution >= 0.6 is 12.4 Å². The summed E-state index contributed by atoms with van der Waals surface area (Å²) < 4.78 is 21.6. The van der Waals surface area contributed by atoms with Crippen LogP contribution in [0.5, 0.6) is 0 Å². The van der Waals surface area contributed by atoms with Crippen LogP contribution in [0.1, 0.15) is 0 Å². The number of nitrogens with one attached hydrogen (secondary N) is 1. The molecule has 0 aliphatic rings. The lowest BCUT2D eigenvalue weighted by Gasteiger charge is -2.01. The number of hydrogen-bond acceptors (Lipinski definition) is 4. The van der Waals surface area contributed by atoms with Crippen LogP contribution < -0.4 is 16.4 Å². The van der Waals surface area contributed by atoms with Crippen molar-refractivity contribution >= 4 is 28.1 Å². The van der Waals surface area contributed by atoms with Gasteiger partial charge in [0.2, 0.25) is 10.0 Å². The van der Waals surface area contributed by atoms with Crippen LogP contribution in [0.3, 0.4) is 0 Å². The normalized spacial score (nSPS) is 10.3. The summed E-state index contributed by atoms with van der Waals surface area (Å²) in [4.78, 5) is 0.0398. The standard InChI is InChI=1S/C6H9N3O2S.ClH/c7-9-5-2-1-3-6(4-5)12(8,10)11;/h1-4,9H,7H2,(H2,8,10,11);1H. The van der Waals surface area contributed by atoms with Gasteiger partial charge in [-0.1, -0.05) is 6.07 Å². The van der Waals surface area contributed by atoms with Gasteiger partial charge in [-0.25, -0.2) is 13.6 Å². The van der Waals surface area contributed by atoms with E-state index in [0.717, 1.165) is 0 Å². The molecule has 0 aromatic heterocycles. The van der Waals surface area contributed by atoms with Crippen LogP contribution in [0.2, 0.25) is 0 Å². The zero-order chi connectivity index (χ0) is 9.19. The number of benzene rings is 1. The lowest BCUT2D eigenvalue weighted by atomic mass is 10.3. The van der Waals surface area contributed by atoms with Gasteiger partial charge in [0, 0.05) is 5.69 Å². The van der Waals surface area contributed by atoms with Crippen molar-refractivity contribution in [1.29, 1.82) is 0 Å². The molecule has 13 heavy (non-hydrogen) atoms. The number of hydrogen-bond donors (Lipinski definition) is 3. The molecule has 0 atom stereocenters. The van der Waals surface area contributed by atoms with E-state index in [1.54, 1.807) is 12.1 Å². The van der Waals surface area contributed by atoms with Crippen molar-refractivity contribution in [3.05, 3.63) is 24.3 Å². The molecule has 1 aromatic rings. The Labute approximate surface area is 82.5 Å². The summed E-state index contributed by atoms with van der Waals surface area (Å²) in [5.41, 5.74) is 2.82. The highest BCUT2D eigenvalue weighted by atomic mass is 35.5. The molecular weight excluding hydrogens is 214 g/mol. The lowest BCUT2D eigenvalue weighted by Crippen LogP contribution is -2.13. The molecule has 0 spiro atoms. The van der Waals surface area contributed by atoms with E-state index in [0.29, 0.717) is 5.69 Å². The Bertz CT molecular complexity index is 379. The van der Waals surface area contributed by atoms with E-state index in [9.17, 15) is 8.42 Å². The molecule has 0 saturated heterocycles. The first-order valence-corrected chi connectivity index (χ1v) is 4.68.